The van der Waals surface area contributed by atoms with Gasteiger partial charge >= 0.3 is 5.97 Å². The average molecular weight is 378 g/mol. The van der Waals surface area contributed by atoms with Crippen LogP contribution in [0, 0.1) is 5.82 Å². The summed E-state index contributed by atoms with van der Waals surface area (Å²) >= 11 is 3.06. The van der Waals surface area contributed by atoms with Gasteiger partial charge in [-0.05, 0) is 31.0 Å². The smallest absolute Gasteiger partial charge is 0.351 e. The van der Waals surface area contributed by atoms with Gasteiger partial charge in [0.2, 0.25) is 9.84 Å². The van der Waals surface area contributed by atoms with Crippen LogP contribution >= 0.6 is 15.9 Å². The fourth-order valence-corrected chi connectivity index (χ4v) is 3.99. The SMILES string of the molecule is COC(=O)/C(=C1/CCCN1)S(=O)(=O)c1ccc(Br)cc1F. The summed E-state index contributed by atoms with van der Waals surface area (Å²) in [7, 11) is -3.21. The molecule has 1 aromatic rings. The van der Waals surface area contributed by atoms with E-state index in [1.807, 2.05) is 0 Å². The minimum Gasteiger partial charge on any atom is -0.465 e. The molecule has 0 aromatic heterocycles. The van der Waals surface area contributed by atoms with Crippen molar-refractivity contribution in [1.29, 1.82) is 0 Å². The number of carbonyl (C=O) groups excluding carboxylic acids is 1. The number of sulfone groups is 1. The van der Waals surface area contributed by atoms with E-state index in [2.05, 4.69) is 26.0 Å². The number of carbonyl (C=O) groups is 1. The number of allylic oxidation sites excluding steroid dienone is 1. The molecule has 8 heteroatoms. The number of ether oxygens (including phenoxy) is 1. The third kappa shape index (κ3) is 3.11. The molecule has 0 radical (unpaired) electrons. The molecule has 0 amide bonds. The van der Waals surface area contributed by atoms with Gasteiger partial charge in [0.05, 0.1) is 7.11 Å². The largest absolute Gasteiger partial charge is 0.465 e. The highest BCUT2D eigenvalue weighted by atomic mass is 79.9. The third-order valence-corrected chi connectivity index (χ3v) is 5.39. The highest BCUT2D eigenvalue weighted by Crippen LogP contribution is 2.29. The molecule has 1 aromatic carbocycles. The second-order valence-corrected chi connectivity index (χ2v) is 7.18. The Morgan fingerprint density at radius 1 is 1.43 bits per heavy atom. The molecule has 0 spiro atoms. The second kappa shape index (κ2) is 6.15. The number of rotatable bonds is 3. The van der Waals surface area contributed by atoms with Crippen LogP contribution in [0.15, 0.2) is 38.2 Å². The van der Waals surface area contributed by atoms with Gasteiger partial charge in [0.1, 0.15) is 10.7 Å². The lowest BCUT2D eigenvalue weighted by Gasteiger charge is -2.12. The number of nitrogens with one attached hydrogen (secondary N) is 1. The standard InChI is InChI=1S/C13H13BrFNO4S/c1-20-13(17)12(10-3-2-6-16-10)21(18,19)11-5-4-8(14)7-9(11)15/h4-5,7,16H,2-3,6H2,1H3/b12-10+. The number of esters is 1. The van der Waals surface area contributed by atoms with Crippen molar-refractivity contribution in [2.75, 3.05) is 13.7 Å². The minimum atomic E-state index is -4.30. The summed E-state index contributed by atoms with van der Waals surface area (Å²) in [6.07, 6.45) is 1.11. The van der Waals surface area contributed by atoms with E-state index in [0.29, 0.717) is 23.9 Å². The molecule has 2 rings (SSSR count). The van der Waals surface area contributed by atoms with Gasteiger partial charge in [0, 0.05) is 16.7 Å². The molecule has 1 aliphatic rings. The molecule has 1 fully saturated rings. The van der Waals surface area contributed by atoms with E-state index < -0.39 is 31.4 Å². The van der Waals surface area contributed by atoms with Crippen molar-refractivity contribution in [2.24, 2.45) is 0 Å². The van der Waals surface area contributed by atoms with Gasteiger partial charge in [-0.25, -0.2) is 17.6 Å². The summed E-state index contributed by atoms with van der Waals surface area (Å²) in [5, 5.41) is 2.85. The van der Waals surface area contributed by atoms with Crippen molar-refractivity contribution in [1.82, 2.24) is 5.32 Å². The van der Waals surface area contributed by atoms with Crippen molar-refractivity contribution in [2.45, 2.75) is 17.7 Å². The fraction of sp³-hybridized carbons (Fsp3) is 0.308. The Labute approximate surface area is 130 Å². The van der Waals surface area contributed by atoms with E-state index in [1.54, 1.807) is 0 Å². The fourth-order valence-electron chi connectivity index (χ4n) is 2.08. The quantitative estimate of drug-likeness (QED) is 0.645. The maximum absolute atomic E-state index is 14.0. The maximum Gasteiger partial charge on any atom is 0.351 e. The zero-order valence-corrected chi connectivity index (χ0v) is 13.6. The first-order valence-electron chi connectivity index (χ1n) is 6.13. The molecule has 1 N–H and O–H groups in total. The summed E-state index contributed by atoms with van der Waals surface area (Å²) < 4.78 is 44.1. The minimum absolute atomic E-state index is 0.268. The average Bonchev–Trinajstić information content (AvgIpc) is 2.91. The van der Waals surface area contributed by atoms with Gasteiger partial charge in [0.15, 0.2) is 4.91 Å². The molecule has 21 heavy (non-hydrogen) atoms. The van der Waals surface area contributed by atoms with Crippen LogP contribution in [0.2, 0.25) is 0 Å². The van der Waals surface area contributed by atoms with E-state index in [4.69, 9.17) is 0 Å². The summed E-state index contributed by atoms with van der Waals surface area (Å²) in [6, 6.07) is 3.55. The van der Waals surface area contributed by atoms with Crippen LogP contribution in [0.4, 0.5) is 4.39 Å². The number of hydrogen-bond acceptors (Lipinski definition) is 5. The lowest BCUT2D eigenvalue weighted by molar-refractivity contribution is -0.135. The van der Waals surface area contributed by atoms with Crippen LogP contribution in [0.1, 0.15) is 12.8 Å². The second-order valence-electron chi connectivity index (χ2n) is 4.41. The van der Waals surface area contributed by atoms with Gasteiger partial charge in [-0.15, -0.1) is 0 Å². The zero-order chi connectivity index (χ0) is 15.6. The normalized spacial score (nSPS) is 17.3. The van der Waals surface area contributed by atoms with Gasteiger partial charge in [-0.1, -0.05) is 15.9 Å². The molecular weight excluding hydrogens is 365 g/mol. The van der Waals surface area contributed by atoms with Crippen LogP contribution in [0.25, 0.3) is 0 Å². The van der Waals surface area contributed by atoms with Crippen LogP contribution in [0.5, 0.6) is 0 Å². The molecule has 0 unspecified atom stereocenters. The first kappa shape index (κ1) is 16.0. The summed E-state index contributed by atoms with van der Waals surface area (Å²) in [4.78, 5) is 10.8. The molecule has 114 valence electrons. The topological polar surface area (TPSA) is 72.5 Å². The Morgan fingerprint density at radius 2 is 2.14 bits per heavy atom. The molecule has 1 aliphatic heterocycles. The molecular formula is C13H13BrFNO4S. The van der Waals surface area contributed by atoms with Gasteiger partial charge in [-0.2, -0.15) is 0 Å². The molecule has 1 heterocycles. The Balaban J connectivity index is 2.63. The van der Waals surface area contributed by atoms with Crippen molar-refractivity contribution in [3.05, 3.63) is 39.1 Å². The number of hydrogen-bond donors (Lipinski definition) is 1. The number of methoxy groups -OCH3 is 1. The van der Waals surface area contributed by atoms with Crippen molar-refractivity contribution in [3.8, 4) is 0 Å². The predicted molar refractivity (Wildman–Crippen MR) is 77.6 cm³/mol. The van der Waals surface area contributed by atoms with E-state index in [9.17, 15) is 17.6 Å². The van der Waals surface area contributed by atoms with E-state index in [0.717, 1.165) is 19.2 Å². The molecule has 5 nitrogen and oxygen atoms in total. The van der Waals surface area contributed by atoms with Crippen LogP contribution in [-0.4, -0.2) is 28.0 Å². The molecule has 0 bridgehead atoms. The highest BCUT2D eigenvalue weighted by molar-refractivity contribution is 9.10. The summed E-state index contributed by atoms with van der Waals surface area (Å²) in [5.74, 6) is -1.92. The maximum atomic E-state index is 14.0. The van der Waals surface area contributed by atoms with Crippen molar-refractivity contribution in [3.63, 3.8) is 0 Å². The summed E-state index contributed by atoms with van der Waals surface area (Å²) in [5.41, 5.74) is 0.268. The molecule has 1 saturated heterocycles. The Hall–Kier alpha value is -1.41. The molecule has 0 atom stereocenters. The van der Waals surface area contributed by atoms with Crippen LogP contribution in [-0.2, 0) is 19.4 Å². The third-order valence-electron chi connectivity index (χ3n) is 3.04. The van der Waals surface area contributed by atoms with Gasteiger partial charge in [0.25, 0.3) is 0 Å². The van der Waals surface area contributed by atoms with E-state index >= 15 is 0 Å². The predicted octanol–water partition coefficient (Wildman–Crippen LogP) is 2.13. The lowest BCUT2D eigenvalue weighted by Crippen LogP contribution is -2.22. The van der Waals surface area contributed by atoms with Crippen molar-refractivity contribution >= 4 is 31.7 Å². The molecule has 0 saturated carbocycles. The van der Waals surface area contributed by atoms with Gasteiger partial charge < -0.3 is 10.1 Å². The van der Waals surface area contributed by atoms with Crippen LogP contribution in [0.3, 0.4) is 0 Å². The van der Waals surface area contributed by atoms with E-state index in [1.165, 1.54) is 6.07 Å². The molecule has 0 aliphatic carbocycles. The van der Waals surface area contributed by atoms with Crippen LogP contribution < -0.4 is 5.32 Å². The number of benzene rings is 1. The first-order valence-corrected chi connectivity index (χ1v) is 8.41. The van der Waals surface area contributed by atoms with E-state index in [-0.39, 0.29) is 5.70 Å². The lowest BCUT2D eigenvalue weighted by atomic mass is 10.3. The zero-order valence-electron chi connectivity index (χ0n) is 11.2. The number of halogens is 2. The first-order chi connectivity index (χ1) is 9.87. The Bertz CT molecular complexity index is 707. The Morgan fingerprint density at radius 3 is 2.67 bits per heavy atom. The highest BCUT2D eigenvalue weighted by Gasteiger charge is 2.34. The monoisotopic (exact) mass is 377 g/mol. The summed E-state index contributed by atoms with van der Waals surface area (Å²) in [6.45, 7) is 0.564. The van der Waals surface area contributed by atoms with Gasteiger partial charge in [-0.3, -0.25) is 0 Å². The van der Waals surface area contributed by atoms with Crippen molar-refractivity contribution < 1.29 is 22.3 Å². The Kier molecular flexibility index (Phi) is 4.67.